The van der Waals surface area contributed by atoms with Gasteiger partial charge in [0.25, 0.3) is 0 Å². The van der Waals surface area contributed by atoms with Gasteiger partial charge < -0.3 is 0 Å². The molecule has 0 rings (SSSR count). The van der Waals surface area contributed by atoms with Gasteiger partial charge in [0.2, 0.25) is 0 Å². The van der Waals surface area contributed by atoms with E-state index in [0.29, 0.717) is 0 Å². The molecule has 0 spiro atoms. The number of unbranched alkanes of at least 4 members (excludes halogenated alkanes) is 5. The average molecular weight is 183 g/mol. The molecular weight excluding hydrogens is 156 g/mol. The first-order valence-corrected chi connectivity index (χ1v) is 6.12. The molecule has 0 aliphatic heterocycles. The molecule has 0 heteroatoms. The molecule has 1 radical (unpaired) electrons. The van der Waals surface area contributed by atoms with E-state index in [9.17, 15) is 0 Å². The highest BCUT2D eigenvalue weighted by molar-refractivity contribution is 4.82. The lowest BCUT2D eigenvalue weighted by Gasteiger charge is -2.08. The minimum Gasteiger partial charge on any atom is -0.0654 e. The van der Waals surface area contributed by atoms with E-state index in [1.807, 2.05) is 0 Å². The molecule has 0 aliphatic rings. The van der Waals surface area contributed by atoms with Crippen LogP contribution >= 0.6 is 0 Å². The van der Waals surface area contributed by atoms with Gasteiger partial charge >= 0.3 is 0 Å². The first-order chi connectivity index (χ1) is 6.31. The number of hydrogen-bond acceptors (Lipinski definition) is 0. The van der Waals surface area contributed by atoms with Gasteiger partial charge in [0.1, 0.15) is 0 Å². The maximum Gasteiger partial charge on any atom is -0.0272 e. The van der Waals surface area contributed by atoms with Crippen LogP contribution < -0.4 is 0 Å². The van der Waals surface area contributed by atoms with Gasteiger partial charge in [0.05, 0.1) is 0 Å². The van der Waals surface area contributed by atoms with E-state index in [-0.39, 0.29) is 0 Å². The summed E-state index contributed by atoms with van der Waals surface area (Å²) in [6, 6.07) is 0. The van der Waals surface area contributed by atoms with Crippen LogP contribution in [-0.4, -0.2) is 0 Å². The van der Waals surface area contributed by atoms with Crippen molar-refractivity contribution >= 4 is 0 Å². The van der Waals surface area contributed by atoms with Crippen molar-refractivity contribution in [3.8, 4) is 0 Å². The van der Waals surface area contributed by atoms with E-state index in [1.165, 1.54) is 57.8 Å². The molecule has 0 aromatic carbocycles. The maximum atomic E-state index is 2.32. The first-order valence-electron chi connectivity index (χ1n) is 6.12. The molecule has 13 heavy (non-hydrogen) atoms. The molecule has 0 nitrogen and oxygen atoms in total. The van der Waals surface area contributed by atoms with Crippen LogP contribution in [0.1, 0.15) is 78.6 Å². The molecule has 0 atom stereocenters. The van der Waals surface area contributed by atoms with Gasteiger partial charge in [-0.1, -0.05) is 65.7 Å². The van der Waals surface area contributed by atoms with Crippen molar-refractivity contribution in [2.24, 2.45) is 0 Å². The van der Waals surface area contributed by atoms with Crippen molar-refractivity contribution in [2.75, 3.05) is 0 Å². The number of rotatable bonds is 9. The van der Waals surface area contributed by atoms with E-state index in [0.717, 1.165) is 0 Å². The van der Waals surface area contributed by atoms with E-state index in [4.69, 9.17) is 0 Å². The van der Waals surface area contributed by atoms with Crippen LogP contribution in [0.5, 0.6) is 0 Å². The monoisotopic (exact) mass is 183 g/mol. The lowest BCUT2D eigenvalue weighted by molar-refractivity contribution is 0.580. The molecular formula is C13H27. The Morgan fingerprint density at radius 3 is 1.92 bits per heavy atom. The van der Waals surface area contributed by atoms with Crippen LogP contribution in [0.3, 0.4) is 0 Å². The predicted octanol–water partition coefficient (Wildman–Crippen LogP) is 5.13. The van der Waals surface area contributed by atoms with Gasteiger partial charge in [-0.3, -0.25) is 0 Å². The summed E-state index contributed by atoms with van der Waals surface area (Å²) in [5.41, 5.74) is 0. The summed E-state index contributed by atoms with van der Waals surface area (Å²) in [5.74, 6) is 1.71. The third-order valence-electron chi connectivity index (χ3n) is 2.63. The van der Waals surface area contributed by atoms with Crippen LogP contribution in [0.2, 0.25) is 0 Å². The van der Waals surface area contributed by atoms with Crippen molar-refractivity contribution in [3.63, 3.8) is 0 Å². The highest BCUT2D eigenvalue weighted by Crippen LogP contribution is 2.17. The van der Waals surface area contributed by atoms with Crippen LogP contribution in [0.4, 0.5) is 0 Å². The zero-order valence-electron chi connectivity index (χ0n) is 9.86. The Balaban J connectivity index is 2.97. The quantitative estimate of drug-likeness (QED) is 0.435. The minimum absolute atomic E-state index is 1.32. The lowest BCUT2D eigenvalue weighted by Crippen LogP contribution is -1.91. The zero-order chi connectivity index (χ0) is 9.94. The summed E-state index contributed by atoms with van der Waals surface area (Å²) < 4.78 is 0. The molecule has 79 valence electrons. The molecule has 0 saturated carbocycles. The van der Waals surface area contributed by atoms with Crippen molar-refractivity contribution in [2.45, 2.75) is 78.6 Å². The predicted molar refractivity (Wildman–Crippen MR) is 61.8 cm³/mol. The van der Waals surface area contributed by atoms with E-state index < -0.39 is 0 Å². The van der Waals surface area contributed by atoms with Crippen molar-refractivity contribution in [3.05, 3.63) is 5.92 Å². The second kappa shape index (κ2) is 10.1. The van der Waals surface area contributed by atoms with Gasteiger partial charge in [0.15, 0.2) is 0 Å². The summed E-state index contributed by atoms with van der Waals surface area (Å²) in [5, 5.41) is 0. The Labute approximate surface area is 85.1 Å². The second-order valence-electron chi connectivity index (χ2n) is 4.22. The molecule has 0 aromatic heterocycles. The third-order valence-corrected chi connectivity index (χ3v) is 2.63. The van der Waals surface area contributed by atoms with Crippen LogP contribution in [0.25, 0.3) is 0 Å². The molecule has 0 amide bonds. The normalized spacial score (nSPS) is 11.1. The standard InChI is InChI=1S/C13H27/c1-4-6-7-8-9-10-12-13(3)11-5-2/h4-12H2,1-3H3. The Morgan fingerprint density at radius 1 is 0.692 bits per heavy atom. The summed E-state index contributed by atoms with van der Waals surface area (Å²) in [6.07, 6.45) is 12.6. The van der Waals surface area contributed by atoms with Gasteiger partial charge in [-0.05, 0) is 18.8 Å². The molecule has 0 unspecified atom stereocenters. The van der Waals surface area contributed by atoms with Crippen LogP contribution in [0.15, 0.2) is 0 Å². The van der Waals surface area contributed by atoms with Gasteiger partial charge in [0, 0.05) is 0 Å². The second-order valence-corrected chi connectivity index (χ2v) is 4.22. The Bertz CT molecular complexity index is 86.0. The lowest BCUT2D eigenvalue weighted by atomic mass is 9.98. The van der Waals surface area contributed by atoms with E-state index in [2.05, 4.69) is 20.8 Å². The number of hydrogen-bond donors (Lipinski definition) is 0. The summed E-state index contributed by atoms with van der Waals surface area (Å²) in [7, 11) is 0. The van der Waals surface area contributed by atoms with Crippen LogP contribution in [0, 0.1) is 5.92 Å². The average Bonchev–Trinajstić information content (AvgIpc) is 2.11. The molecule has 0 fully saturated rings. The molecule has 0 aliphatic carbocycles. The molecule has 0 bridgehead atoms. The highest BCUT2D eigenvalue weighted by Gasteiger charge is 1.99. The van der Waals surface area contributed by atoms with Gasteiger partial charge in [-0.15, -0.1) is 0 Å². The molecule has 0 heterocycles. The highest BCUT2D eigenvalue weighted by atomic mass is 14.1. The van der Waals surface area contributed by atoms with Crippen molar-refractivity contribution in [1.29, 1.82) is 0 Å². The SMILES string of the molecule is CCCCCCCC[C](C)CCC. The van der Waals surface area contributed by atoms with Crippen molar-refractivity contribution < 1.29 is 0 Å². The van der Waals surface area contributed by atoms with Crippen molar-refractivity contribution in [1.82, 2.24) is 0 Å². The molecule has 0 aromatic rings. The fourth-order valence-corrected chi connectivity index (χ4v) is 1.76. The summed E-state index contributed by atoms with van der Waals surface area (Å²) in [6.45, 7) is 6.86. The largest absolute Gasteiger partial charge is 0.0654 e. The Morgan fingerprint density at radius 2 is 1.31 bits per heavy atom. The summed E-state index contributed by atoms with van der Waals surface area (Å²) in [4.78, 5) is 0. The Kier molecular flexibility index (Phi) is 10.1. The van der Waals surface area contributed by atoms with Gasteiger partial charge in [-0.25, -0.2) is 0 Å². The first kappa shape index (κ1) is 13.0. The zero-order valence-corrected chi connectivity index (χ0v) is 9.86. The smallest absolute Gasteiger partial charge is 0.0272 e. The fourth-order valence-electron chi connectivity index (χ4n) is 1.76. The Hall–Kier alpha value is 0. The third kappa shape index (κ3) is 9.92. The molecule has 0 N–H and O–H groups in total. The fraction of sp³-hybridized carbons (Fsp3) is 0.923. The topological polar surface area (TPSA) is 0 Å². The van der Waals surface area contributed by atoms with E-state index >= 15 is 0 Å². The van der Waals surface area contributed by atoms with Crippen LogP contribution in [-0.2, 0) is 0 Å². The maximum absolute atomic E-state index is 2.32. The van der Waals surface area contributed by atoms with Gasteiger partial charge in [-0.2, -0.15) is 0 Å². The molecule has 0 saturated heterocycles. The summed E-state index contributed by atoms with van der Waals surface area (Å²) >= 11 is 0. The van der Waals surface area contributed by atoms with E-state index in [1.54, 1.807) is 5.92 Å². The minimum atomic E-state index is 1.32.